The lowest BCUT2D eigenvalue weighted by atomic mass is 10.0. The highest BCUT2D eigenvalue weighted by atomic mass is 32.2. The Morgan fingerprint density at radius 3 is 2.44 bits per heavy atom. The molecule has 188 valence electrons. The van der Waals surface area contributed by atoms with Crippen molar-refractivity contribution in [1.82, 2.24) is 10.6 Å². The van der Waals surface area contributed by atoms with Crippen LogP contribution in [0, 0.1) is 23.4 Å². The highest BCUT2D eigenvalue weighted by Gasteiger charge is 2.22. The van der Waals surface area contributed by atoms with E-state index in [9.17, 15) is 22.8 Å². The van der Waals surface area contributed by atoms with Crippen molar-refractivity contribution in [2.24, 2.45) is 5.92 Å². The molecule has 0 saturated heterocycles. The van der Waals surface area contributed by atoms with Crippen molar-refractivity contribution in [3.05, 3.63) is 59.3 Å². The maximum absolute atomic E-state index is 13.5. The number of thioether (sulfide) groups is 1. The molecule has 0 aliphatic heterocycles. The van der Waals surface area contributed by atoms with Crippen LogP contribution in [0.1, 0.15) is 62.6 Å². The molecule has 0 spiro atoms. The number of hydrogen-bond acceptors (Lipinski definition) is 5. The molecule has 2 N–H and O–H groups in total. The first-order chi connectivity index (χ1) is 16.2. The summed E-state index contributed by atoms with van der Waals surface area (Å²) in [4.78, 5) is 25.4. The summed E-state index contributed by atoms with van der Waals surface area (Å²) in [6.45, 7) is 6.34. The molecule has 0 bridgehead atoms. The van der Waals surface area contributed by atoms with Crippen LogP contribution in [-0.2, 0) is 10.5 Å². The van der Waals surface area contributed by atoms with E-state index in [1.165, 1.54) is 11.8 Å². The molecule has 1 aromatic heterocycles. The van der Waals surface area contributed by atoms with Gasteiger partial charge >= 0.3 is 0 Å². The molecule has 0 fully saturated rings. The number of nitrogens with one attached hydrogen (secondary N) is 2. The molecule has 9 heteroatoms. The molecule has 1 aromatic carbocycles. The number of furan rings is 1. The molecule has 2 aromatic rings. The van der Waals surface area contributed by atoms with Gasteiger partial charge in [-0.25, -0.2) is 13.2 Å². The van der Waals surface area contributed by atoms with Crippen molar-refractivity contribution < 1.29 is 27.2 Å². The van der Waals surface area contributed by atoms with E-state index in [1.807, 2.05) is 19.9 Å². The first-order valence-corrected chi connectivity index (χ1v) is 12.7. The number of Topliss-reactive ketones (excluding diaryl/α,β-unsaturated/α-hetero) is 1. The standard InChI is InChI=1S/C25H33F3N2O3S/c1-4-5-8-22(23(31)15-34-14-19-7-6-9-33-19)29-13-18(10-16(2)3)30-25(32)17-11-20(26)24(28)21(27)12-17/h6-7,9,11-12,16,18,22,29H,4-5,8,10,13-15H2,1-3H3,(H,30,32). The van der Waals surface area contributed by atoms with Crippen molar-refractivity contribution in [1.29, 1.82) is 0 Å². The van der Waals surface area contributed by atoms with E-state index in [0.717, 1.165) is 18.6 Å². The third-order valence-corrected chi connectivity index (χ3v) is 6.23. The first-order valence-electron chi connectivity index (χ1n) is 11.5. The van der Waals surface area contributed by atoms with Crippen LogP contribution in [0.5, 0.6) is 0 Å². The molecule has 0 radical (unpaired) electrons. The molecule has 1 heterocycles. The average molecular weight is 499 g/mol. The van der Waals surface area contributed by atoms with Crippen LogP contribution in [0.2, 0.25) is 0 Å². The van der Waals surface area contributed by atoms with Crippen molar-refractivity contribution in [2.75, 3.05) is 12.3 Å². The van der Waals surface area contributed by atoms with Gasteiger partial charge in [0.05, 0.1) is 23.8 Å². The maximum atomic E-state index is 13.5. The number of rotatable bonds is 15. The Hall–Kier alpha value is -2.26. The summed E-state index contributed by atoms with van der Waals surface area (Å²) in [6.07, 6.45) is 4.68. The van der Waals surface area contributed by atoms with Crippen LogP contribution in [-0.4, -0.2) is 36.1 Å². The lowest BCUT2D eigenvalue weighted by Crippen LogP contribution is -2.48. The monoisotopic (exact) mass is 498 g/mol. The lowest BCUT2D eigenvalue weighted by Gasteiger charge is -2.25. The molecule has 5 nitrogen and oxygen atoms in total. The minimum absolute atomic E-state index is 0.0716. The molecule has 1 amide bonds. The van der Waals surface area contributed by atoms with Gasteiger partial charge in [-0.3, -0.25) is 9.59 Å². The lowest BCUT2D eigenvalue weighted by molar-refractivity contribution is -0.118. The Morgan fingerprint density at radius 1 is 1.15 bits per heavy atom. The molecule has 0 aliphatic rings. The molecular formula is C25H33F3N2O3S. The van der Waals surface area contributed by atoms with Crippen LogP contribution in [0.15, 0.2) is 34.9 Å². The molecule has 2 atom stereocenters. The summed E-state index contributed by atoms with van der Waals surface area (Å²) in [5.74, 6) is -3.10. The minimum atomic E-state index is -1.61. The number of carbonyl (C=O) groups excluding carboxylic acids is 2. The zero-order chi connectivity index (χ0) is 25.1. The quantitative estimate of drug-likeness (QED) is 0.318. The van der Waals surface area contributed by atoms with E-state index >= 15 is 0 Å². The van der Waals surface area contributed by atoms with Gasteiger partial charge in [-0.1, -0.05) is 33.6 Å². The predicted octanol–water partition coefficient (Wildman–Crippen LogP) is 5.49. The molecular weight excluding hydrogens is 465 g/mol. The number of unbranched alkanes of at least 4 members (excludes halogenated alkanes) is 1. The second-order valence-electron chi connectivity index (χ2n) is 8.70. The van der Waals surface area contributed by atoms with Crippen LogP contribution >= 0.6 is 11.8 Å². The highest BCUT2D eigenvalue weighted by Crippen LogP contribution is 2.16. The van der Waals surface area contributed by atoms with E-state index in [0.29, 0.717) is 43.0 Å². The number of halogens is 3. The topological polar surface area (TPSA) is 71.3 Å². The van der Waals surface area contributed by atoms with E-state index in [1.54, 1.807) is 12.3 Å². The summed E-state index contributed by atoms with van der Waals surface area (Å²) in [6, 6.07) is 4.28. The average Bonchev–Trinajstić information content (AvgIpc) is 3.30. The Morgan fingerprint density at radius 2 is 1.85 bits per heavy atom. The van der Waals surface area contributed by atoms with Crippen molar-refractivity contribution in [2.45, 2.75) is 64.3 Å². The summed E-state index contributed by atoms with van der Waals surface area (Å²) in [7, 11) is 0. The van der Waals surface area contributed by atoms with Crippen LogP contribution in [0.3, 0.4) is 0 Å². The zero-order valence-electron chi connectivity index (χ0n) is 19.8. The van der Waals surface area contributed by atoms with Crippen LogP contribution < -0.4 is 10.6 Å². The van der Waals surface area contributed by atoms with E-state index in [-0.39, 0.29) is 29.3 Å². The van der Waals surface area contributed by atoms with Gasteiger partial charge in [0, 0.05) is 18.2 Å². The number of ketones is 1. The van der Waals surface area contributed by atoms with Crippen LogP contribution in [0.4, 0.5) is 13.2 Å². The normalized spacial score (nSPS) is 13.1. The third-order valence-electron chi connectivity index (χ3n) is 5.25. The van der Waals surface area contributed by atoms with Gasteiger partial charge in [0.15, 0.2) is 23.2 Å². The fourth-order valence-corrected chi connectivity index (χ4v) is 4.40. The Kier molecular flexibility index (Phi) is 11.7. The molecule has 2 unspecified atom stereocenters. The van der Waals surface area contributed by atoms with Gasteiger partial charge in [-0.05, 0) is 43.0 Å². The fraction of sp³-hybridized carbons (Fsp3) is 0.520. The Labute approximate surface area is 203 Å². The smallest absolute Gasteiger partial charge is 0.251 e. The second kappa shape index (κ2) is 14.2. The molecule has 0 aliphatic carbocycles. The number of benzene rings is 1. The van der Waals surface area contributed by atoms with E-state index in [4.69, 9.17) is 4.42 Å². The van der Waals surface area contributed by atoms with Gasteiger partial charge in [-0.2, -0.15) is 0 Å². The second-order valence-corrected chi connectivity index (χ2v) is 9.68. The van der Waals surface area contributed by atoms with E-state index in [2.05, 4.69) is 17.6 Å². The van der Waals surface area contributed by atoms with Gasteiger partial charge in [0.2, 0.25) is 0 Å². The van der Waals surface area contributed by atoms with Gasteiger partial charge < -0.3 is 15.1 Å². The maximum Gasteiger partial charge on any atom is 0.251 e. The number of amides is 1. The van der Waals surface area contributed by atoms with Gasteiger partial charge in [0.1, 0.15) is 5.76 Å². The van der Waals surface area contributed by atoms with Crippen LogP contribution in [0.25, 0.3) is 0 Å². The SMILES string of the molecule is CCCCC(NCC(CC(C)C)NC(=O)c1cc(F)c(F)c(F)c1)C(=O)CSCc1ccco1. The van der Waals surface area contributed by atoms with Crippen molar-refractivity contribution in [3.63, 3.8) is 0 Å². The third kappa shape index (κ3) is 9.18. The van der Waals surface area contributed by atoms with Gasteiger partial charge in [-0.15, -0.1) is 11.8 Å². The fourth-order valence-electron chi connectivity index (χ4n) is 3.53. The summed E-state index contributed by atoms with van der Waals surface area (Å²) < 4.78 is 45.6. The number of hydrogen-bond donors (Lipinski definition) is 2. The predicted molar refractivity (Wildman–Crippen MR) is 128 cm³/mol. The zero-order valence-corrected chi connectivity index (χ0v) is 20.7. The Bertz CT molecular complexity index is 899. The summed E-state index contributed by atoms with van der Waals surface area (Å²) >= 11 is 1.48. The summed E-state index contributed by atoms with van der Waals surface area (Å²) in [5, 5.41) is 6.05. The highest BCUT2D eigenvalue weighted by molar-refractivity contribution is 7.99. The molecule has 34 heavy (non-hydrogen) atoms. The molecule has 2 rings (SSSR count). The minimum Gasteiger partial charge on any atom is -0.468 e. The number of carbonyl (C=O) groups is 2. The van der Waals surface area contributed by atoms with Gasteiger partial charge in [0.25, 0.3) is 5.91 Å². The van der Waals surface area contributed by atoms with E-state index < -0.39 is 23.4 Å². The first kappa shape index (κ1) is 28.0. The largest absolute Gasteiger partial charge is 0.468 e. The Balaban J connectivity index is 1.99. The van der Waals surface area contributed by atoms with Crippen molar-refractivity contribution >= 4 is 23.5 Å². The van der Waals surface area contributed by atoms with Crippen molar-refractivity contribution in [3.8, 4) is 0 Å². The summed E-state index contributed by atoms with van der Waals surface area (Å²) in [5.41, 5.74) is -0.293. The molecule has 0 saturated carbocycles.